The Morgan fingerprint density at radius 3 is 2.48 bits per heavy atom. The fourth-order valence-electron chi connectivity index (χ4n) is 2.29. The van der Waals surface area contributed by atoms with Gasteiger partial charge in [-0.1, -0.05) is 50.0 Å². The lowest BCUT2D eigenvalue weighted by Gasteiger charge is -2.18. The minimum absolute atomic E-state index is 0.0544. The summed E-state index contributed by atoms with van der Waals surface area (Å²) in [5, 5.41) is 0.320. The van der Waals surface area contributed by atoms with Crippen molar-refractivity contribution in [3.8, 4) is 0 Å². The van der Waals surface area contributed by atoms with Crippen LogP contribution in [0.4, 0.5) is 6.01 Å². The molecule has 3 aromatic rings. The number of hydrogen-bond donors (Lipinski definition) is 1. The second-order valence-corrected chi connectivity index (χ2v) is 9.13. The molecular formula is C17H16Cl2N2O3S. The van der Waals surface area contributed by atoms with Gasteiger partial charge in [0, 0.05) is 5.02 Å². The largest absolute Gasteiger partial charge is 0.423 e. The third-order valence-electron chi connectivity index (χ3n) is 3.66. The van der Waals surface area contributed by atoms with E-state index in [1.807, 2.05) is 12.1 Å². The van der Waals surface area contributed by atoms with E-state index in [-0.39, 0.29) is 26.4 Å². The van der Waals surface area contributed by atoms with Crippen LogP contribution < -0.4 is 4.72 Å². The maximum atomic E-state index is 12.5. The number of rotatable bonds is 3. The number of hydrogen-bond acceptors (Lipinski definition) is 4. The smallest absolute Gasteiger partial charge is 0.309 e. The highest BCUT2D eigenvalue weighted by atomic mass is 35.5. The van der Waals surface area contributed by atoms with Crippen molar-refractivity contribution >= 4 is 50.3 Å². The summed E-state index contributed by atoms with van der Waals surface area (Å²) in [5.41, 5.74) is 2.08. The van der Waals surface area contributed by atoms with Crippen LogP contribution in [0.15, 0.2) is 45.7 Å². The van der Waals surface area contributed by atoms with Crippen molar-refractivity contribution in [3.63, 3.8) is 0 Å². The zero-order valence-electron chi connectivity index (χ0n) is 13.8. The highest BCUT2D eigenvalue weighted by Crippen LogP contribution is 2.30. The summed E-state index contributed by atoms with van der Waals surface area (Å²) in [7, 11) is -3.98. The van der Waals surface area contributed by atoms with Gasteiger partial charge in [-0.3, -0.25) is 0 Å². The summed E-state index contributed by atoms with van der Waals surface area (Å²) >= 11 is 11.8. The number of nitrogens with one attached hydrogen (secondary N) is 1. The highest BCUT2D eigenvalue weighted by molar-refractivity contribution is 7.92. The molecule has 0 aliphatic rings. The van der Waals surface area contributed by atoms with Crippen molar-refractivity contribution in [2.45, 2.75) is 31.1 Å². The van der Waals surface area contributed by atoms with Crippen molar-refractivity contribution in [3.05, 3.63) is 52.0 Å². The summed E-state index contributed by atoms with van der Waals surface area (Å²) in [6, 6.07) is 9.65. The van der Waals surface area contributed by atoms with E-state index in [4.69, 9.17) is 27.6 Å². The van der Waals surface area contributed by atoms with E-state index in [1.54, 1.807) is 6.07 Å². The summed E-state index contributed by atoms with van der Waals surface area (Å²) in [6.07, 6.45) is 0. The molecule has 0 radical (unpaired) electrons. The van der Waals surface area contributed by atoms with Gasteiger partial charge in [0.05, 0.1) is 5.02 Å². The molecule has 132 valence electrons. The monoisotopic (exact) mass is 398 g/mol. The van der Waals surface area contributed by atoms with Gasteiger partial charge in [-0.05, 0) is 41.3 Å². The Bertz CT molecular complexity index is 1050. The van der Waals surface area contributed by atoms with Gasteiger partial charge in [-0.2, -0.15) is 4.98 Å². The molecule has 1 aromatic heterocycles. The van der Waals surface area contributed by atoms with Gasteiger partial charge in [0.2, 0.25) is 0 Å². The maximum Gasteiger partial charge on any atom is 0.309 e. The summed E-state index contributed by atoms with van der Waals surface area (Å²) in [4.78, 5) is 4.08. The lowest BCUT2D eigenvalue weighted by Crippen LogP contribution is -2.13. The van der Waals surface area contributed by atoms with Gasteiger partial charge in [0.15, 0.2) is 5.58 Å². The molecule has 8 heteroatoms. The van der Waals surface area contributed by atoms with Crippen molar-refractivity contribution in [2.24, 2.45) is 0 Å². The van der Waals surface area contributed by atoms with Crippen molar-refractivity contribution in [1.29, 1.82) is 0 Å². The minimum atomic E-state index is -3.98. The molecule has 0 atom stereocenters. The van der Waals surface area contributed by atoms with Crippen LogP contribution in [0, 0.1) is 0 Å². The lowest BCUT2D eigenvalue weighted by molar-refractivity contribution is 0.589. The molecule has 0 unspecified atom stereocenters. The van der Waals surface area contributed by atoms with E-state index in [2.05, 4.69) is 30.5 Å². The van der Waals surface area contributed by atoms with Gasteiger partial charge in [-0.25, -0.2) is 13.1 Å². The van der Waals surface area contributed by atoms with Crippen LogP contribution in [0.1, 0.15) is 26.3 Å². The molecule has 0 fully saturated rings. The number of anilines is 1. The Hall–Kier alpha value is -1.76. The molecule has 0 saturated carbocycles. The van der Waals surface area contributed by atoms with Crippen LogP contribution in [-0.4, -0.2) is 13.4 Å². The molecular weight excluding hydrogens is 383 g/mol. The number of benzene rings is 2. The average Bonchev–Trinajstić information content (AvgIpc) is 2.89. The Balaban J connectivity index is 1.98. The maximum absolute atomic E-state index is 12.5. The number of oxazole rings is 1. The third-order valence-corrected chi connectivity index (χ3v) is 5.69. The topological polar surface area (TPSA) is 72.2 Å². The van der Waals surface area contributed by atoms with E-state index in [1.165, 1.54) is 18.2 Å². The SMILES string of the molecule is CC(C)(C)c1ccc2oc(NS(=O)(=O)c3cc(Cl)ccc3Cl)nc2c1. The highest BCUT2D eigenvalue weighted by Gasteiger charge is 2.22. The first-order chi connectivity index (χ1) is 11.6. The number of fused-ring (bicyclic) bond motifs is 1. The van der Waals surface area contributed by atoms with Crippen LogP contribution in [0.5, 0.6) is 0 Å². The van der Waals surface area contributed by atoms with Gasteiger partial charge < -0.3 is 4.42 Å². The molecule has 0 amide bonds. The standard InChI is InChI=1S/C17H16Cl2N2O3S/c1-17(2,3)10-4-7-14-13(8-10)20-16(24-14)21-25(22,23)15-9-11(18)5-6-12(15)19/h4-9H,1-3H3,(H,20,21). The molecule has 0 saturated heterocycles. The minimum Gasteiger partial charge on any atom is -0.423 e. The van der Waals surface area contributed by atoms with Crippen LogP contribution >= 0.6 is 23.2 Å². The van der Waals surface area contributed by atoms with Crippen LogP contribution in [-0.2, 0) is 15.4 Å². The molecule has 0 aliphatic carbocycles. The number of aromatic nitrogens is 1. The predicted molar refractivity (Wildman–Crippen MR) is 100.0 cm³/mol. The second-order valence-electron chi connectivity index (χ2n) is 6.63. The molecule has 0 aliphatic heterocycles. The summed E-state index contributed by atoms with van der Waals surface area (Å²) in [5.74, 6) is 0. The van der Waals surface area contributed by atoms with E-state index < -0.39 is 10.0 Å². The van der Waals surface area contributed by atoms with Crippen molar-refractivity contribution in [1.82, 2.24) is 4.98 Å². The zero-order valence-corrected chi connectivity index (χ0v) is 16.1. The molecule has 0 bridgehead atoms. The van der Waals surface area contributed by atoms with Crippen LogP contribution in [0.2, 0.25) is 10.0 Å². The number of sulfonamides is 1. The molecule has 1 N–H and O–H groups in total. The van der Waals surface area contributed by atoms with Gasteiger partial charge in [0.25, 0.3) is 10.0 Å². The second kappa shape index (κ2) is 6.20. The fourth-order valence-corrected chi connectivity index (χ4v) is 3.98. The Labute approximate surface area is 156 Å². The van der Waals surface area contributed by atoms with Gasteiger partial charge in [-0.15, -0.1) is 0 Å². The van der Waals surface area contributed by atoms with E-state index in [0.717, 1.165) is 5.56 Å². The molecule has 1 heterocycles. The van der Waals surface area contributed by atoms with Crippen molar-refractivity contribution in [2.75, 3.05) is 4.72 Å². The van der Waals surface area contributed by atoms with E-state index in [9.17, 15) is 8.42 Å². The first-order valence-corrected chi connectivity index (χ1v) is 9.69. The first-order valence-electron chi connectivity index (χ1n) is 7.45. The van der Waals surface area contributed by atoms with E-state index >= 15 is 0 Å². The summed E-state index contributed by atoms with van der Waals surface area (Å²) in [6.45, 7) is 6.25. The average molecular weight is 399 g/mol. The molecule has 5 nitrogen and oxygen atoms in total. The quantitative estimate of drug-likeness (QED) is 0.654. The molecule has 3 rings (SSSR count). The third kappa shape index (κ3) is 3.76. The normalized spacial score (nSPS) is 12.5. The fraction of sp³-hybridized carbons (Fsp3) is 0.235. The Morgan fingerprint density at radius 2 is 1.80 bits per heavy atom. The lowest BCUT2D eigenvalue weighted by atomic mass is 9.87. The molecule has 25 heavy (non-hydrogen) atoms. The van der Waals surface area contributed by atoms with Crippen LogP contribution in [0.25, 0.3) is 11.1 Å². The van der Waals surface area contributed by atoms with Gasteiger partial charge >= 0.3 is 6.01 Å². The number of nitrogens with zero attached hydrogens (tertiary/aromatic N) is 1. The van der Waals surface area contributed by atoms with Gasteiger partial charge in [0.1, 0.15) is 10.4 Å². The Morgan fingerprint density at radius 1 is 1.08 bits per heavy atom. The zero-order chi connectivity index (χ0) is 18.4. The first kappa shape index (κ1) is 18.0. The summed E-state index contributed by atoms with van der Waals surface area (Å²) < 4.78 is 32.8. The van der Waals surface area contributed by atoms with Crippen molar-refractivity contribution < 1.29 is 12.8 Å². The number of halogens is 2. The molecule has 2 aromatic carbocycles. The molecule has 0 spiro atoms. The Kier molecular flexibility index (Phi) is 4.47. The predicted octanol–water partition coefficient (Wildman–Crippen LogP) is 5.23. The van der Waals surface area contributed by atoms with Crippen LogP contribution in [0.3, 0.4) is 0 Å². The van der Waals surface area contributed by atoms with E-state index in [0.29, 0.717) is 11.1 Å².